The molecule has 7 heteroatoms. The van der Waals surface area contributed by atoms with Crippen LogP contribution < -0.4 is 9.80 Å². The third kappa shape index (κ3) is 5.62. The molecule has 1 rings (SSSR count). The third-order valence-electron chi connectivity index (χ3n) is 3.65. The van der Waals surface area contributed by atoms with E-state index in [1.807, 2.05) is 16.8 Å². The van der Waals surface area contributed by atoms with E-state index < -0.39 is 0 Å². The molecule has 1 aromatic rings. The molecule has 0 spiro atoms. The van der Waals surface area contributed by atoms with Gasteiger partial charge in [-0.05, 0) is 18.3 Å². The van der Waals surface area contributed by atoms with E-state index in [0.29, 0.717) is 23.5 Å². The zero-order valence-electron chi connectivity index (χ0n) is 15.8. The van der Waals surface area contributed by atoms with Crippen LogP contribution in [-0.2, 0) is 0 Å². The molecule has 0 saturated carbocycles. The van der Waals surface area contributed by atoms with Crippen LogP contribution in [0, 0.1) is 22.0 Å². The Morgan fingerprint density at radius 3 is 2.12 bits per heavy atom. The van der Waals surface area contributed by atoms with Crippen LogP contribution in [0.1, 0.15) is 47.5 Å². The first kappa shape index (κ1) is 20.1. The monoisotopic (exact) mass is 337 g/mol. The van der Waals surface area contributed by atoms with Gasteiger partial charge in [-0.2, -0.15) is 0 Å². The van der Waals surface area contributed by atoms with Gasteiger partial charge in [0, 0.05) is 26.7 Å². The molecular formula is C17H31N5O2. The highest BCUT2D eigenvalue weighted by molar-refractivity contribution is 5.71. The van der Waals surface area contributed by atoms with E-state index in [0.717, 1.165) is 32.5 Å². The topological polar surface area (TPSA) is 75.4 Å². The minimum Gasteiger partial charge on any atom is -0.354 e. The van der Waals surface area contributed by atoms with Crippen molar-refractivity contribution in [1.82, 2.24) is 9.97 Å². The molecule has 0 aliphatic heterocycles. The average molecular weight is 337 g/mol. The molecule has 0 bridgehead atoms. The predicted octanol–water partition coefficient (Wildman–Crippen LogP) is 3.74. The Labute approximate surface area is 145 Å². The molecule has 0 unspecified atom stereocenters. The number of anilines is 2. The number of unbranched alkanes of at least 4 members (excludes halogenated alkanes) is 1. The highest BCUT2D eigenvalue weighted by Gasteiger charge is 2.29. The normalized spacial score (nSPS) is 11.2. The fourth-order valence-corrected chi connectivity index (χ4v) is 2.66. The molecule has 0 N–H and O–H groups in total. The van der Waals surface area contributed by atoms with Crippen molar-refractivity contribution < 1.29 is 4.92 Å². The number of nitrogens with zero attached hydrogens (tertiary/aromatic N) is 5. The smallest absolute Gasteiger partial charge is 0.353 e. The summed E-state index contributed by atoms with van der Waals surface area (Å²) in [6.07, 6.45) is 3.44. The molecule has 0 atom stereocenters. The SMILES string of the molecule is CCCCN(C)c1ncnc(N(CC(C)C)CC(C)C)c1[N+](=O)[O-]. The lowest BCUT2D eigenvalue weighted by Crippen LogP contribution is -2.33. The van der Waals surface area contributed by atoms with Gasteiger partial charge < -0.3 is 9.80 Å². The van der Waals surface area contributed by atoms with Gasteiger partial charge in [0.1, 0.15) is 6.33 Å². The largest absolute Gasteiger partial charge is 0.354 e. The molecule has 24 heavy (non-hydrogen) atoms. The Hall–Kier alpha value is -1.92. The summed E-state index contributed by atoms with van der Waals surface area (Å²) in [5.74, 6) is 1.60. The Morgan fingerprint density at radius 2 is 1.67 bits per heavy atom. The second-order valence-corrected chi connectivity index (χ2v) is 7.09. The summed E-state index contributed by atoms with van der Waals surface area (Å²) in [7, 11) is 1.85. The van der Waals surface area contributed by atoms with Gasteiger partial charge in [0.15, 0.2) is 0 Å². The summed E-state index contributed by atoms with van der Waals surface area (Å²) in [5, 5.41) is 11.8. The molecule has 0 fully saturated rings. The molecule has 0 saturated heterocycles. The lowest BCUT2D eigenvalue weighted by atomic mass is 10.1. The first-order valence-electron chi connectivity index (χ1n) is 8.73. The lowest BCUT2D eigenvalue weighted by molar-refractivity contribution is -0.383. The van der Waals surface area contributed by atoms with Crippen molar-refractivity contribution in [3.63, 3.8) is 0 Å². The number of hydrogen-bond acceptors (Lipinski definition) is 6. The van der Waals surface area contributed by atoms with Crippen molar-refractivity contribution in [2.45, 2.75) is 47.5 Å². The second kappa shape index (κ2) is 9.39. The Morgan fingerprint density at radius 1 is 1.12 bits per heavy atom. The summed E-state index contributed by atoms with van der Waals surface area (Å²) < 4.78 is 0. The quantitative estimate of drug-likeness (QED) is 0.478. The summed E-state index contributed by atoms with van der Waals surface area (Å²) >= 11 is 0. The van der Waals surface area contributed by atoms with E-state index >= 15 is 0 Å². The minimum absolute atomic E-state index is 0.0115. The van der Waals surface area contributed by atoms with Crippen LogP contribution in [0.2, 0.25) is 0 Å². The predicted molar refractivity (Wildman–Crippen MR) is 98.8 cm³/mol. The van der Waals surface area contributed by atoms with Gasteiger partial charge in [0.25, 0.3) is 0 Å². The highest BCUT2D eigenvalue weighted by atomic mass is 16.6. The van der Waals surface area contributed by atoms with Gasteiger partial charge in [-0.15, -0.1) is 0 Å². The maximum atomic E-state index is 11.8. The van der Waals surface area contributed by atoms with Crippen molar-refractivity contribution in [2.75, 3.05) is 36.5 Å². The van der Waals surface area contributed by atoms with Crippen molar-refractivity contribution in [1.29, 1.82) is 0 Å². The molecule has 0 radical (unpaired) electrons. The minimum atomic E-state index is -0.346. The average Bonchev–Trinajstić information content (AvgIpc) is 2.50. The van der Waals surface area contributed by atoms with E-state index in [4.69, 9.17) is 0 Å². The zero-order valence-corrected chi connectivity index (χ0v) is 15.8. The highest BCUT2D eigenvalue weighted by Crippen LogP contribution is 2.34. The lowest BCUT2D eigenvalue weighted by Gasteiger charge is -2.28. The first-order chi connectivity index (χ1) is 11.3. The Bertz CT molecular complexity index is 524. The first-order valence-corrected chi connectivity index (χ1v) is 8.73. The van der Waals surface area contributed by atoms with Gasteiger partial charge in [0.2, 0.25) is 11.6 Å². The summed E-state index contributed by atoms with van der Waals surface area (Å²) in [6.45, 7) is 12.7. The van der Waals surface area contributed by atoms with Gasteiger partial charge in [-0.3, -0.25) is 10.1 Å². The van der Waals surface area contributed by atoms with Gasteiger partial charge >= 0.3 is 5.69 Å². The van der Waals surface area contributed by atoms with E-state index in [1.165, 1.54) is 6.33 Å². The molecule has 7 nitrogen and oxygen atoms in total. The molecule has 0 aliphatic rings. The summed E-state index contributed by atoms with van der Waals surface area (Å²) in [4.78, 5) is 23.8. The van der Waals surface area contributed by atoms with Crippen molar-refractivity contribution >= 4 is 17.3 Å². The van der Waals surface area contributed by atoms with Crippen LogP contribution in [-0.4, -0.2) is 41.6 Å². The van der Waals surface area contributed by atoms with Crippen LogP contribution in [0.3, 0.4) is 0 Å². The maximum Gasteiger partial charge on any atom is 0.353 e. The molecule has 1 heterocycles. The van der Waals surface area contributed by atoms with Crippen LogP contribution >= 0.6 is 0 Å². The van der Waals surface area contributed by atoms with Crippen molar-refractivity contribution in [3.8, 4) is 0 Å². The number of aromatic nitrogens is 2. The molecule has 1 aromatic heterocycles. The van der Waals surface area contributed by atoms with Crippen molar-refractivity contribution in [3.05, 3.63) is 16.4 Å². The number of hydrogen-bond donors (Lipinski definition) is 0. The van der Waals surface area contributed by atoms with Gasteiger partial charge in [0.05, 0.1) is 4.92 Å². The van der Waals surface area contributed by atoms with Crippen LogP contribution in [0.25, 0.3) is 0 Å². The fourth-order valence-electron chi connectivity index (χ4n) is 2.66. The zero-order chi connectivity index (χ0) is 18.3. The Kier molecular flexibility index (Phi) is 7.88. The molecule has 0 amide bonds. The fraction of sp³-hybridized carbons (Fsp3) is 0.765. The van der Waals surface area contributed by atoms with E-state index in [-0.39, 0.29) is 10.6 Å². The van der Waals surface area contributed by atoms with E-state index in [9.17, 15) is 10.1 Å². The number of nitro groups is 1. The van der Waals surface area contributed by atoms with Crippen LogP contribution in [0.5, 0.6) is 0 Å². The molecule has 0 aromatic carbocycles. The second-order valence-electron chi connectivity index (χ2n) is 7.09. The van der Waals surface area contributed by atoms with E-state index in [1.54, 1.807) is 0 Å². The maximum absolute atomic E-state index is 11.8. The van der Waals surface area contributed by atoms with Crippen LogP contribution in [0.15, 0.2) is 6.33 Å². The molecule has 136 valence electrons. The third-order valence-corrected chi connectivity index (χ3v) is 3.65. The van der Waals surface area contributed by atoms with Crippen LogP contribution in [0.4, 0.5) is 17.3 Å². The summed E-state index contributed by atoms with van der Waals surface area (Å²) in [6, 6.07) is 0. The Balaban J connectivity index is 3.31. The number of rotatable bonds is 10. The van der Waals surface area contributed by atoms with Gasteiger partial charge in [-0.25, -0.2) is 9.97 Å². The standard InChI is InChI=1S/C17H31N5O2/c1-7-8-9-20(6)16-15(22(23)24)17(19-12-18-16)21(10-13(2)3)11-14(4)5/h12-14H,7-11H2,1-6H3. The van der Waals surface area contributed by atoms with Gasteiger partial charge in [-0.1, -0.05) is 41.0 Å². The summed E-state index contributed by atoms with van der Waals surface area (Å²) in [5.41, 5.74) is 0.0115. The molecule has 0 aliphatic carbocycles. The molecular weight excluding hydrogens is 306 g/mol. The van der Waals surface area contributed by atoms with E-state index in [2.05, 4.69) is 44.6 Å². The van der Waals surface area contributed by atoms with Crippen molar-refractivity contribution in [2.24, 2.45) is 11.8 Å².